The lowest BCUT2D eigenvalue weighted by Gasteiger charge is -2.21. The Labute approximate surface area is 131 Å². The molecular weight excluding hydrogens is 368 g/mol. The second kappa shape index (κ2) is 5.68. The first-order valence-corrected chi connectivity index (χ1v) is 7.68. The molecule has 0 atom stereocenters. The van der Waals surface area contributed by atoms with Crippen molar-refractivity contribution in [3.63, 3.8) is 0 Å². The molecule has 0 N–H and O–H groups in total. The van der Waals surface area contributed by atoms with E-state index in [2.05, 4.69) is 58.7 Å². The van der Waals surface area contributed by atoms with Crippen molar-refractivity contribution in [1.29, 1.82) is 0 Å². The van der Waals surface area contributed by atoms with Crippen LogP contribution in [0.25, 0.3) is 0 Å². The molecule has 0 aliphatic carbocycles. The second-order valence-corrected chi connectivity index (χ2v) is 7.22. The molecular formula is C16H16Br2O. The van der Waals surface area contributed by atoms with Crippen molar-refractivity contribution in [1.82, 2.24) is 0 Å². The first kappa shape index (κ1) is 14.6. The molecule has 0 aromatic heterocycles. The molecule has 0 spiro atoms. The maximum atomic E-state index is 5.85. The molecule has 0 aliphatic heterocycles. The van der Waals surface area contributed by atoms with Crippen LogP contribution in [0.5, 0.6) is 11.5 Å². The molecule has 2 rings (SSSR count). The molecule has 0 heterocycles. The van der Waals surface area contributed by atoms with Gasteiger partial charge in [0.15, 0.2) is 0 Å². The van der Waals surface area contributed by atoms with Gasteiger partial charge in [-0.25, -0.2) is 0 Å². The Bertz CT molecular complexity index is 586. The quantitative estimate of drug-likeness (QED) is 0.591. The van der Waals surface area contributed by atoms with Crippen molar-refractivity contribution in [2.45, 2.75) is 26.2 Å². The molecule has 0 unspecified atom stereocenters. The van der Waals surface area contributed by atoms with Gasteiger partial charge in [0.2, 0.25) is 0 Å². The van der Waals surface area contributed by atoms with E-state index in [4.69, 9.17) is 4.74 Å². The van der Waals surface area contributed by atoms with Crippen molar-refractivity contribution in [3.05, 3.63) is 57.0 Å². The molecule has 0 amide bonds. The minimum atomic E-state index is 0.118. The molecule has 1 nitrogen and oxygen atoms in total. The van der Waals surface area contributed by atoms with Gasteiger partial charge < -0.3 is 4.74 Å². The Balaban J connectivity index is 2.26. The van der Waals surface area contributed by atoms with Crippen molar-refractivity contribution in [3.8, 4) is 11.5 Å². The van der Waals surface area contributed by atoms with Crippen molar-refractivity contribution in [2.75, 3.05) is 0 Å². The zero-order valence-corrected chi connectivity index (χ0v) is 14.4. The lowest BCUT2D eigenvalue weighted by atomic mass is 9.87. The van der Waals surface area contributed by atoms with Gasteiger partial charge in [-0.15, -0.1) is 0 Å². The fraction of sp³-hybridized carbons (Fsp3) is 0.250. The summed E-state index contributed by atoms with van der Waals surface area (Å²) in [7, 11) is 0. The Kier molecular flexibility index (Phi) is 4.36. The molecule has 0 saturated carbocycles. The highest BCUT2D eigenvalue weighted by atomic mass is 79.9. The average Bonchev–Trinajstić information content (AvgIpc) is 2.27. The van der Waals surface area contributed by atoms with E-state index in [9.17, 15) is 0 Å². The van der Waals surface area contributed by atoms with Crippen LogP contribution in [0, 0.1) is 0 Å². The van der Waals surface area contributed by atoms with E-state index in [1.54, 1.807) is 0 Å². The maximum Gasteiger partial charge on any atom is 0.128 e. The van der Waals surface area contributed by atoms with Crippen LogP contribution in [0.15, 0.2) is 51.4 Å². The molecule has 100 valence electrons. The van der Waals surface area contributed by atoms with Crippen LogP contribution in [0.1, 0.15) is 26.3 Å². The van der Waals surface area contributed by atoms with Crippen molar-refractivity contribution < 1.29 is 4.74 Å². The molecule has 2 aromatic rings. The number of hydrogen-bond acceptors (Lipinski definition) is 1. The summed E-state index contributed by atoms with van der Waals surface area (Å²) in [6.07, 6.45) is 0. The van der Waals surface area contributed by atoms with Gasteiger partial charge >= 0.3 is 0 Å². The highest BCUT2D eigenvalue weighted by Gasteiger charge is 2.17. The monoisotopic (exact) mass is 382 g/mol. The van der Waals surface area contributed by atoms with E-state index in [0.29, 0.717) is 0 Å². The van der Waals surface area contributed by atoms with Gasteiger partial charge in [0.1, 0.15) is 11.5 Å². The summed E-state index contributed by atoms with van der Waals surface area (Å²) >= 11 is 7.06. The molecule has 0 saturated heterocycles. The van der Waals surface area contributed by atoms with Crippen LogP contribution >= 0.6 is 31.9 Å². The Hall–Kier alpha value is -0.800. The number of rotatable bonds is 2. The number of ether oxygens (including phenoxy) is 1. The molecule has 0 fully saturated rings. The molecule has 19 heavy (non-hydrogen) atoms. The van der Waals surface area contributed by atoms with Crippen LogP contribution in [-0.2, 0) is 5.41 Å². The van der Waals surface area contributed by atoms with Gasteiger partial charge in [0.25, 0.3) is 0 Å². The lowest BCUT2D eigenvalue weighted by molar-refractivity contribution is 0.480. The highest BCUT2D eigenvalue weighted by Crippen LogP contribution is 2.34. The zero-order chi connectivity index (χ0) is 14.0. The topological polar surface area (TPSA) is 9.23 Å². The van der Waals surface area contributed by atoms with Crippen LogP contribution in [0.3, 0.4) is 0 Å². The van der Waals surface area contributed by atoms with E-state index >= 15 is 0 Å². The Morgan fingerprint density at radius 2 is 1.58 bits per heavy atom. The standard InChI is InChI=1S/C16H16Br2O/c1-16(2,3)14-8-7-13(10-15(14)18)19-12-6-4-5-11(17)9-12/h4-10H,1-3H3. The average molecular weight is 384 g/mol. The van der Waals surface area contributed by atoms with E-state index in [1.165, 1.54) is 5.56 Å². The SMILES string of the molecule is CC(C)(C)c1ccc(Oc2cccc(Br)c2)cc1Br. The van der Waals surface area contributed by atoms with Crippen LogP contribution in [-0.4, -0.2) is 0 Å². The highest BCUT2D eigenvalue weighted by molar-refractivity contribution is 9.10. The smallest absolute Gasteiger partial charge is 0.128 e. The molecule has 0 radical (unpaired) electrons. The molecule has 2 aromatic carbocycles. The van der Waals surface area contributed by atoms with Crippen LogP contribution in [0.2, 0.25) is 0 Å². The van der Waals surface area contributed by atoms with Gasteiger partial charge in [-0.1, -0.05) is 64.8 Å². The van der Waals surface area contributed by atoms with Gasteiger partial charge in [0.05, 0.1) is 0 Å². The van der Waals surface area contributed by atoms with E-state index in [1.807, 2.05) is 36.4 Å². The Morgan fingerprint density at radius 1 is 0.895 bits per heavy atom. The summed E-state index contributed by atoms with van der Waals surface area (Å²) in [5, 5.41) is 0. The third-order valence-electron chi connectivity index (χ3n) is 2.78. The van der Waals surface area contributed by atoms with E-state index in [-0.39, 0.29) is 5.41 Å². The van der Waals surface area contributed by atoms with Gasteiger partial charge in [-0.05, 0) is 41.3 Å². The summed E-state index contributed by atoms with van der Waals surface area (Å²) < 4.78 is 7.93. The van der Waals surface area contributed by atoms with E-state index in [0.717, 1.165) is 20.4 Å². The third kappa shape index (κ3) is 3.83. The minimum absolute atomic E-state index is 0.118. The van der Waals surface area contributed by atoms with Crippen molar-refractivity contribution >= 4 is 31.9 Å². The zero-order valence-electron chi connectivity index (χ0n) is 11.2. The number of benzene rings is 2. The lowest BCUT2D eigenvalue weighted by Crippen LogP contribution is -2.11. The third-order valence-corrected chi connectivity index (χ3v) is 3.93. The normalized spacial score (nSPS) is 11.4. The summed E-state index contributed by atoms with van der Waals surface area (Å²) in [6, 6.07) is 14.0. The summed E-state index contributed by atoms with van der Waals surface area (Å²) in [6.45, 7) is 6.59. The molecule has 3 heteroatoms. The fourth-order valence-corrected chi connectivity index (χ4v) is 3.16. The first-order chi connectivity index (χ1) is 8.86. The maximum absolute atomic E-state index is 5.85. The predicted molar refractivity (Wildman–Crippen MR) is 87.1 cm³/mol. The summed E-state index contributed by atoms with van der Waals surface area (Å²) in [5.74, 6) is 1.66. The molecule has 0 aliphatic rings. The number of halogens is 2. The Morgan fingerprint density at radius 3 is 2.16 bits per heavy atom. The fourth-order valence-electron chi connectivity index (χ4n) is 1.83. The van der Waals surface area contributed by atoms with Gasteiger partial charge in [-0.3, -0.25) is 0 Å². The largest absolute Gasteiger partial charge is 0.457 e. The summed E-state index contributed by atoms with van der Waals surface area (Å²) in [4.78, 5) is 0. The second-order valence-electron chi connectivity index (χ2n) is 5.45. The predicted octanol–water partition coefficient (Wildman–Crippen LogP) is 6.30. The first-order valence-electron chi connectivity index (χ1n) is 6.10. The van der Waals surface area contributed by atoms with E-state index < -0.39 is 0 Å². The van der Waals surface area contributed by atoms with Crippen LogP contribution in [0.4, 0.5) is 0 Å². The summed E-state index contributed by atoms with van der Waals surface area (Å²) in [5.41, 5.74) is 1.39. The minimum Gasteiger partial charge on any atom is -0.457 e. The van der Waals surface area contributed by atoms with Gasteiger partial charge in [-0.2, -0.15) is 0 Å². The van der Waals surface area contributed by atoms with Gasteiger partial charge in [0, 0.05) is 8.95 Å². The molecule has 0 bridgehead atoms. The number of hydrogen-bond donors (Lipinski definition) is 0. The van der Waals surface area contributed by atoms with Crippen molar-refractivity contribution in [2.24, 2.45) is 0 Å². The van der Waals surface area contributed by atoms with Crippen LogP contribution < -0.4 is 4.74 Å².